The van der Waals surface area contributed by atoms with E-state index in [1.807, 2.05) is 17.8 Å². The second kappa shape index (κ2) is 7.06. The number of hydrogen-bond donors (Lipinski definition) is 3. The molecule has 1 aromatic rings. The number of carboxylic acid groups (broad SMARTS) is 1. The summed E-state index contributed by atoms with van der Waals surface area (Å²) in [5.74, 6) is -0.180. The topological polar surface area (TPSA) is 98.8 Å². The van der Waals surface area contributed by atoms with Crippen LogP contribution in [0.1, 0.15) is 18.7 Å². The van der Waals surface area contributed by atoms with E-state index in [1.165, 1.54) is 0 Å². The smallest absolute Gasteiger partial charge is 0.451 e. The van der Waals surface area contributed by atoms with Gasteiger partial charge in [-0.15, -0.1) is 0 Å². The molecule has 0 spiro atoms. The van der Waals surface area contributed by atoms with Crippen molar-refractivity contribution < 1.29 is 19.9 Å². The van der Waals surface area contributed by atoms with E-state index < -0.39 is 13.1 Å². The van der Waals surface area contributed by atoms with E-state index in [9.17, 15) is 9.90 Å². The number of aryl methyl sites for hydroxylation is 1. The summed E-state index contributed by atoms with van der Waals surface area (Å²) in [5.41, 5.74) is 0. The maximum absolute atomic E-state index is 11.4. The van der Waals surface area contributed by atoms with Crippen LogP contribution in [-0.2, 0) is 18.4 Å². The zero-order valence-corrected chi connectivity index (χ0v) is 12.2. The van der Waals surface area contributed by atoms with Gasteiger partial charge in [0.15, 0.2) is 0 Å². The van der Waals surface area contributed by atoms with E-state index in [-0.39, 0.29) is 11.8 Å². The Morgan fingerprint density at radius 3 is 2.81 bits per heavy atom. The molecule has 0 unspecified atom stereocenters. The monoisotopic (exact) mass is 295 g/mol. The van der Waals surface area contributed by atoms with E-state index in [0.717, 1.165) is 5.82 Å². The number of aromatic nitrogens is 2. The fraction of sp³-hybridized carbons (Fsp3) is 0.692. The normalized spacial score (nSPS) is 22.6. The van der Waals surface area contributed by atoms with Crippen LogP contribution in [0.3, 0.4) is 0 Å². The van der Waals surface area contributed by atoms with Gasteiger partial charge in [0.2, 0.25) is 0 Å². The number of carboxylic acids is 1. The third kappa shape index (κ3) is 4.29. The Bertz CT molecular complexity index is 480. The van der Waals surface area contributed by atoms with E-state index in [2.05, 4.69) is 9.88 Å². The lowest BCUT2D eigenvalue weighted by atomic mass is 9.80. The quantitative estimate of drug-likeness (QED) is 0.603. The molecule has 3 N–H and O–H groups in total. The lowest BCUT2D eigenvalue weighted by Crippen LogP contribution is -2.24. The minimum Gasteiger partial charge on any atom is -0.481 e. The summed E-state index contributed by atoms with van der Waals surface area (Å²) in [7, 11) is 0.617. The zero-order chi connectivity index (χ0) is 15.4. The molecule has 1 saturated heterocycles. The zero-order valence-electron chi connectivity index (χ0n) is 12.2. The highest BCUT2D eigenvalue weighted by Gasteiger charge is 2.37. The lowest BCUT2D eigenvalue weighted by molar-refractivity contribution is -0.142. The highest BCUT2D eigenvalue weighted by Crippen LogP contribution is 2.29. The Morgan fingerprint density at radius 1 is 1.48 bits per heavy atom. The molecule has 0 radical (unpaired) electrons. The van der Waals surface area contributed by atoms with Gasteiger partial charge < -0.3 is 19.7 Å². The van der Waals surface area contributed by atoms with Gasteiger partial charge in [0.25, 0.3) is 0 Å². The fourth-order valence-electron chi connectivity index (χ4n) is 2.97. The molecule has 7 nitrogen and oxygen atoms in total. The number of rotatable bonds is 7. The molecule has 1 aliphatic rings. The first-order valence-electron chi connectivity index (χ1n) is 7.25. The number of hydrogen-bond acceptors (Lipinski definition) is 5. The molecule has 0 saturated carbocycles. The van der Waals surface area contributed by atoms with Crippen LogP contribution in [0.5, 0.6) is 0 Å². The number of likely N-dealkylation sites (tertiary alicyclic amines) is 1. The second-order valence-corrected chi connectivity index (χ2v) is 5.76. The summed E-state index contributed by atoms with van der Waals surface area (Å²) in [6.45, 7) is 1.88. The predicted octanol–water partition coefficient (Wildman–Crippen LogP) is -0.194. The van der Waals surface area contributed by atoms with Crippen LogP contribution >= 0.6 is 0 Å². The van der Waals surface area contributed by atoms with Crippen molar-refractivity contribution in [2.75, 3.05) is 13.1 Å². The first-order valence-corrected chi connectivity index (χ1v) is 7.25. The summed E-state index contributed by atoms with van der Waals surface area (Å²) in [6.07, 6.45) is 5.23. The van der Waals surface area contributed by atoms with Crippen LogP contribution in [0.2, 0.25) is 6.32 Å². The molecule has 2 atom stereocenters. The number of imidazole rings is 1. The minimum absolute atomic E-state index is 0.0570. The third-order valence-electron chi connectivity index (χ3n) is 4.16. The molecule has 8 heteroatoms. The van der Waals surface area contributed by atoms with E-state index in [1.54, 1.807) is 6.20 Å². The molecule has 2 heterocycles. The lowest BCUT2D eigenvalue weighted by Gasteiger charge is -2.15. The Balaban J connectivity index is 1.91. The highest BCUT2D eigenvalue weighted by atomic mass is 16.4. The van der Waals surface area contributed by atoms with Crippen LogP contribution in [0, 0.1) is 11.8 Å². The fourth-order valence-corrected chi connectivity index (χ4v) is 2.97. The molecule has 116 valence electrons. The third-order valence-corrected chi connectivity index (χ3v) is 4.16. The SMILES string of the molecule is Cn1ccnc1CN1C[C@H](CCCB(O)O)[C@H](C(=O)O)C1. The molecule has 0 bridgehead atoms. The first-order chi connectivity index (χ1) is 9.97. The summed E-state index contributed by atoms with van der Waals surface area (Å²) < 4.78 is 1.94. The van der Waals surface area contributed by atoms with Gasteiger partial charge in [-0.1, -0.05) is 6.42 Å². The van der Waals surface area contributed by atoms with Crippen molar-refractivity contribution >= 4 is 13.1 Å². The molecular formula is C13H22BN3O4. The van der Waals surface area contributed by atoms with Crippen molar-refractivity contribution in [3.63, 3.8) is 0 Å². The predicted molar refractivity (Wildman–Crippen MR) is 77.3 cm³/mol. The molecule has 2 rings (SSSR count). The molecule has 0 amide bonds. The molecular weight excluding hydrogens is 273 g/mol. The van der Waals surface area contributed by atoms with Gasteiger partial charge in [-0.3, -0.25) is 9.69 Å². The van der Waals surface area contributed by atoms with Crippen molar-refractivity contribution in [1.82, 2.24) is 14.5 Å². The van der Waals surface area contributed by atoms with Gasteiger partial charge in [-0.05, 0) is 18.7 Å². The van der Waals surface area contributed by atoms with Crippen LogP contribution in [0.4, 0.5) is 0 Å². The van der Waals surface area contributed by atoms with Gasteiger partial charge in [0, 0.05) is 32.5 Å². The molecule has 21 heavy (non-hydrogen) atoms. The second-order valence-electron chi connectivity index (χ2n) is 5.76. The van der Waals surface area contributed by atoms with E-state index in [4.69, 9.17) is 10.0 Å². The number of nitrogens with zero attached hydrogens (tertiary/aromatic N) is 3. The van der Waals surface area contributed by atoms with Crippen molar-refractivity contribution in [2.24, 2.45) is 18.9 Å². The maximum Gasteiger partial charge on any atom is 0.451 e. The number of aliphatic carboxylic acids is 1. The first kappa shape index (κ1) is 16.0. The summed E-state index contributed by atoms with van der Waals surface area (Å²) in [6, 6.07) is 0. The van der Waals surface area contributed by atoms with Crippen molar-refractivity contribution in [3.05, 3.63) is 18.2 Å². The van der Waals surface area contributed by atoms with Gasteiger partial charge in [0.05, 0.1) is 12.5 Å². The summed E-state index contributed by atoms with van der Waals surface area (Å²) in [4.78, 5) is 17.8. The largest absolute Gasteiger partial charge is 0.481 e. The molecule has 0 aliphatic carbocycles. The van der Waals surface area contributed by atoms with Gasteiger partial charge in [-0.25, -0.2) is 4.98 Å². The van der Waals surface area contributed by atoms with Crippen molar-refractivity contribution in [3.8, 4) is 0 Å². The van der Waals surface area contributed by atoms with Crippen LogP contribution in [0.15, 0.2) is 12.4 Å². The van der Waals surface area contributed by atoms with Gasteiger partial charge in [-0.2, -0.15) is 0 Å². The Hall–Kier alpha value is -1.38. The Kier molecular flexibility index (Phi) is 5.38. The van der Waals surface area contributed by atoms with Crippen LogP contribution in [-0.4, -0.2) is 55.8 Å². The van der Waals surface area contributed by atoms with Crippen molar-refractivity contribution in [1.29, 1.82) is 0 Å². The average molecular weight is 295 g/mol. The average Bonchev–Trinajstić information content (AvgIpc) is 2.97. The van der Waals surface area contributed by atoms with Crippen LogP contribution < -0.4 is 0 Å². The minimum atomic E-state index is -1.31. The van der Waals surface area contributed by atoms with E-state index >= 15 is 0 Å². The molecule has 1 aromatic heterocycles. The molecule has 1 fully saturated rings. The number of carbonyl (C=O) groups is 1. The summed E-state index contributed by atoms with van der Waals surface area (Å²) >= 11 is 0. The molecule has 0 aromatic carbocycles. The summed E-state index contributed by atoms with van der Waals surface area (Å²) in [5, 5.41) is 27.1. The standard InChI is InChI=1S/C13H22BN3O4/c1-16-6-5-15-12(16)9-17-7-10(3-2-4-14(20)21)11(8-17)13(18)19/h5-6,10-11,20-21H,2-4,7-9H2,1H3,(H,18,19)/t10-,11+/m0/s1. The highest BCUT2D eigenvalue weighted by molar-refractivity contribution is 6.40. The Labute approximate surface area is 124 Å². The van der Waals surface area contributed by atoms with Gasteiger partial charge in [0.1, 0.15) is 5.82 Å². The van der Waals surface area contributed by atoms with E-state index in [0.29, 0.717) is 38.8 Å². The Morgan fingerprint density at radius 2 is 2.24 bits per heavy atom. The van der Waals surface area contributed by atoms with Crippen molar-refractivity contribution in [2.45, 2.75) is 25.7 Å². The van der Waals surface area contributed by atoms with Crippen LogP contribution in [0.25, 0.3) is 0 Å². The maximum atomic E-state index is 11.4. The molecule has 1 aliphatic heterocycles. The van der Waals surface area contributed by atoms with Gasteiger partial charge >= 0.3 is 13.1 Å².